The summed E-state index contributed by atoms with van der Waals surface area (Å²) in [5.41, 5.74) is 1.07. The fraction of sp³-hybridized carbons (Fsp3) is 1.00. The van der Waals surface area contributed by atoms with Crippen molar-refractivity contribution in [2.45, 2.75) is 58.9 Å². The first-order chi connectivity index (χ1) is 8.52. The molecule has 3 atom stereocenters. The van der Waals surface area contributed by atoms with E-state index in [1.54, 1.807) is 0 Å². The Morgan fingerprint density at radius 3 is 2.44 bits per heavy atom. The van der Waals surface area contributed by atoms with Crippen LogP contribution in [0.4, 0.5) is 0 Å². The molecular formula is C16H29NO. The van der Waals surface area contributed by atoms with Gasteiger partial charge in [0, 0.05) is 19.3 Å². The highest BCUT2D eigenvalue weighted by atomic mass is 16.5. The SMILES string of the molecule is CC1(C)C(NCC2CCOCC2)[C@]2(C)CC[C@H]1C2. The first-order valence-electron chi connectivity index (χ1n) is 7.83. The second-order valence-corrected chi connectivity index (χ2v) is 7.81. The first kappa shape index (κ1) is 12.9. The number of nitrogens with one attached hydrogen (secondary N) is 1. The number of hydrogen-bond acceptors (Lipinski definition) is 2. The number of ether oxygens (including phenoxy) is 1. The van der Waals surface area contributed by atoms with Crippen molar-refractivity contribution in [3.8, 4) is 0 Å². The summed E-state index contributed by atoms with van der Waals surface area (Å²) in [4.78, 5) is 0. The van der Waals surface area contributed by atoms with Crippen molar-refractivity contribution < 1.29 is 4.74 Å². The maximum atomic E-state index is 5.45. The largest absolute Gasteiger partial charge is 0.381 e. The minimum atomic E-state index is 0.498. The molecule has 2 heteroatoms. The summed E-state index contributed by atoms with van der Waals surface area (Å²) >= 11 is 0. The molecular weight excluding hydrogens is 222 g/mol. The Bertz CT molecular complexity index is 303. The third-order valence-electron chi connectivity index (χ3n) is 6.22. The number of rotatable bonds is 3. The van der Waals surface area contributed by atoms with E-state index in [1.165, 1.54) is 38.6 Å². The van der Waals surface area contributed by atoms with Gasteiger partial charge in [-0.15, -0.1) is 0 Å². The number of fused-ring (bicyclic) bond motifs is 2. The molecule has 2 aliphatic carbocycles. The normalized spacial score (nSPS) is 43.5. The smallest absolute Gasteiger partial charge is 0.0469 e. The average Bonchev–Trinajstić information content (AvgIpc) is 2.81. The molecule has 2 nitrogen and oxygen atoms in total. The zero-order valence-corrected chi connectivity index (χ0v) is 12.3. The third kappa shape index (κ3) is 2.02. The standard InChI is InChI=1S/C16H29NO/c1-15(2)13-4-7-16(3,10-13)14(15)17-11-12-5-8-18-9-6-12/h12-14,17H,4-11H2,1-3H3/t13-,14?,16+/m0/s1. The van der Waals surface area contributed by atoms with Gasteiger partial charge >= 0.3 is 0 Å². The van der Waals surface area contributed by atoms with Crippen LogP contribution >= 0.6 is 0 Å². The van der Waals surface area contributed by atoms with Crippen molar-refractivity contribution in [1.82, 2.24) is 5.32 Å². The quantitative estimate of drug-likeness (QED) is 0.831. The van der Waals surface area contributed by atoms with Crippen LogP contribution in [-0.4, -0.2) is 25.8 Å². The average molecular weight is 251 g/mol. The minimum Gasteiger partial charge on any atom is -0.381 e. The van der Waals surface area contributed by atoms with Crippen molar-refractivity contribution in [1.29, 1.82) is 0 Å². The summed E-state index contributed by atoms with van der Waals surface area (Å²) in [6, 6.07) is 0.728. The predicted octanol–water partition coefficient (Wildman–Crippen LogP) is 3.22. The third-order valence-corrected chi connectivity index (χ3v) is 6.22. The highest BCUT2D eigenvalue weighted by Gasteiger charge is 2.58. The fourth-order valence-corrected chi connectivity index (χ4v) is 5.05. The van der Waals surface area contributed by atoms with E-state index in [-0.39, 0.29) is 0 Å². The Balaban J connectivity index is 1.61. The molecule has 0 radical (unpaired) electrons. The maximum Gasteiger partial charge on any atom is 0.0469 e. The van der Waals surface area contributed by atoms with Crippen LogP contribution in [0, 0.1) is 22.7 Å². The molecule has 3 rings (SSSR count). The molecule has 0 aromatic rings. The Morgan fingerprint density at radius 2 is 1.83 bits per heavy atom. The molecule has 3 aliphatic rings. The summed E-state index contributed by atoms with van der Waals surface area (Å²) in [5.74, 6) is 1.80. The van der Waals surface area contributed by atoms with Gasteiger partial charge in [-0.1, -0.05) is 20.8 Å². The van der Waals surface area contributed by atoms with Gasteiger partial charge in [-0.05, 0) is 61.3 Å². The molecule has 1 N–H and O–H groups in total. The van der Waals surface area contributed by atoms with Crippen LogP contribution in [0.1, 0.15) is 52.9 Å². The molecule has 18 heavy (non-hydrogen) atoms. The Labute approximate surface area is 112 Å². The summed E-state index contributed by atoms with van der Waals surface area (Å²) in [6.07, 6.45) is 6.84. The van der Waals surface area contributed by atoms with Gasteiger partial charge in [0.25, 0.3) is 0 Å². The molecule has 0 aromatic heterocycles. The van der Waals surface area contributed by atoms with E-state index in [0.717, 1.165) is 31.1 Å². The van der Waals surface area contributed by atoms with Crippen LogP contribution in [0.15, 0.2) is 0 Å². The molecule has 0 amide bonds. The van der Waals surface area contributed by atoms with Gasteiger partial charge in [0.1, 0.15) is 0 Å². The number of hydrogen-bond donors (Lipinski definition) is 1. The summed E-state index contributed by atoms with van der Waals surface area (Å²) in [6.45, 7) is 10.7. The van der Waals surface area contributed by atoms with Crippen LogP contribution in [-0.2, 0) is 4.74 Å². The summed E-state index contributed by atoms with van der Waals surface area (Å²) in [7, 11) is 0. The van der Waals surface area contributed by atoms with Gasteiger partial charge in [-0.3, -0.25) is 0 Å². The van der Waals surface area contributed by atoms with Gasteiger partial charge in [0.15, 0.2) is 0 Å². The lowest BCUT2D eigenvalue weighted by Crippen LogP contribution is -2.51. The second kappa shape index (κ2) is 4.49. The second-order valence-electron chi connectivity index (χ2n) is 7.81. The zero-order valence-electron chi connectivity index (χ0n) is 12.3. The highest BCUT2D eigenvalue weighted by Crippen LogP contribution is 2.62. The van der Waals surface area contributed by atoms with Crippen LogP contribution in [0.5, 0.6) is 0 Å². The van der Waals surface area contributed by atoms with Crippen LogP contribution in [0.2, 0.25) is 0 Å². The van der Waals surface area contributed by atoms with Crippen LogP contribution in [0.3, 0.4) is 0 Å². The fourth-order valence-electron chi connectivity index (χ4n) is 5.05. The van der Waals surface area contributed by atoms with Crippen molar-refractivity contribution in [2.24, 2.45) is 22.7 Å². The van der Waals surface area contributed by atoms with E-state index in [4.69, 9.17) is 4.74 Å². The van der Waals surface area contributed by atoms with E-state index >= 15 is 0 Å². The molecule has 1 heterocycles. The first-order valence-corrected chi connectivity index (χ1v) is 7.83. The Hall–Kier alpha value is -0.0800. The van der Waals surface area contributed by atoms with E-state index < -0.39 is 0 Å². The molecule has 1 aliphatic heterocycles. The summed E-state index contributed by atoms with van der Waals surface area (Å²) in [5, 5.41) is 3.96. The molecule has 3 fully saturated rings. The highest BCUT2D eigenvalue weighted by molar-refractivity contribution is 5.12. The lowest BCUT2D eigenvalue weighted by Gasteiger charge is -2.44. The van der Waals surface area contributed by atoms with E-state index in [2.05, 4.69) is 26.1 Å². The van der Waals surface area contributed by atoms with Gasteiger partial charge in [0.05, 0.1) is 0 Å². The maximum absolute atomic E-state index is 5.45. The van der Waals surface area contributed by atoms with Crippen LogP contribution in [0.25, 0.3) is 0 Å². The van der Waals surface area contributed by atoms with Gasteiger partial charge in [-0.25, -0.2) is 0 Å². The topological polar surface area (TPSA) is 21.3 Å². The monoisotopic (exact) mass is 251 g/mol. The van der Waals surface area contributed by atoms with Crippen molar-refractivity contribution >= 4 is 0 Å². The van der Waals surface area contributed by atoms with Crippen LogP contribution < -0.4 is 5.32 Å². The molecule has 0 aromatic carbocycles. The van der Waals surface area contributed by atoms with E-state index in [9.17, 15) is 0 Å². The van der Waals surface area contributed by atoms with E-state index in [0.29, 0.717) is 10.8 Å². The van der Waals surface area contributed by atoms with Crippen molar-refractivity contribution in [2.75, 3.05) is 19.8 Å². The molecule has 104 valence electrons. The van der Waals surface area contributed by atoms with Crippen molar-refractivity contribution in [3.05, 3.63) is 0 Å². The Kier molecular flexibility index (Phi) is 3.22. The van der Waals surface area contributed by atoms with E-state index in [1.807, 2.05) is 0 Å². The van der Waals surface area contributed by atoms with Crippen molar-refractivity contribution in [3.63, 3.8) is 0 Å². The molecule has 2 saturated carbocycles. The Morgan fingerprint density at radius 1 is 1.11 bits per heavy atom. The molecule has 0 spiro atoms. The molecule has 2 bridgehead atoms. The van der Waals surface area contributed by atoms with Gasteiger partial charge in [0.2, 0.25) is 0 Å². The zero-order chi connectivity index (χ0) is 12.8. The molecule has 1 unspecified atom stereocenters. The summed E-state index contributed by atoms with van der Waals surface area (Å²) < 4.78 is 5.45. The van der Waals surface area contributed by atoms with Gasteiger partial charge in [-0.2, -0.15) is 0 Å². The lowest BCUT2D eigenvalue weighted by molar-refractivity contribution is 0.0555. The molecule has 1 saturated heterocycles. The lowest BCUT2D eigenvalue weighted by atomic mass is 9.68. The van der Waals surface area contributed by atoms with Gasteiger partial charge < -0.3 is 10.1 Å². The minimum absolute atomic E-state index is 0.498. The predicted molar refractivity (Wildman–Crippen MR) is 74.6 cm³/mol.